The van der Waals surface area contributed by atoms with Gasteiger partial charge in [0.2, 0.25) is 0 Å². The number of hydrogen-bond acceptors (Lipinski definition) is 4. The van der Waals surface area contributed by atoms with Crippen LogP contribution in [-0.4, -0.2) is 16.7 Å². The quantitative estimate of drug-likeness (QED) is 0.777. The second kappa shape index (κ2) is 4.07. The molecule has 13 heavy (non-hydrogen) atoms. The predicted molar refractivity (Wildman–Crippen MR) is 55.7 cm³/mol. The fourth-order valence-electron chi connectivity index (χ4n) is 1.29. The van der Waals surface area contributed by atoms with Crippen molar-refractivity contribution in [3.05, 3.63) is 11.1 Å². The van der Waals surface area contributed by atoms with Gasteiger partial charge >= 0.3 is 0 Å². The van der Waals surface area contributed by atoms with Crippen LogP contribution in [-0.2, 0) is 6.42 Å². The number of nitrogens with two attached hydrogens (primary N) is 1. The molecule has 0 saturated carbocycles. The largest absolute Gasteiger partial charge is 0.396 e. The number of aliphatic hydroxyl groups excluding tert-OH is 1. The van der Waals surface area contributed by atoms with Crippen LogP contribution in [0.15, 0.2) is 5.38 Å². The number of aromatic nitrogens is 1. The Morgan fingerprint density at radius 1 is 1.62 bits per heavy atom. The van der Waals surface area contributed by atoms with Crippen LogP contribution >= 0.6 is 11.3 Å². The van der Waals surface area contributed by atoms with Gasteiger partial charge in [-0.25, -0.2) is 4.98 Å². The normalized spacial score (nSPS) is 11.9. The summed E-state index contributed by atoms with van der Waals surface area (Å²) in [6.45, 7) is 4.48. The Morgan fingerprint density at radius 3 is 2.77 bits per heavy atom. The van der Waals surface area contributed by atoms with E-state index in [1.54, 1.807) is 0 Å². The molecule has 1 aromatic heterocycles. The summed E-state index contributed by atoms with van der Waals surface area (Å²) < 4.78 is 0. The molecule has 0 bridgehead atoms. The molecule has 3 N–H and O–H groups in total. The minimum atomic E-state index is 0.106. The summed E-state index contributed by atoms with van der Waals surface area (Å²) in [4.78, 5) is 4.19. The fourth-order valence-corrected chi connectivity index (χ4v) is 1.85. The fraction of sp³-hybridized carbons (Fsp3) is 0.667. The number of anilines is 1. The first kappa shape index (κ1) is 10.5. The minimum absolute atomic E-state index is 0.106. The second-order valence-electron chi connectivity index (χ2n) is 3.99. The van der Waals surface area contributed by atoms with Gasteiger partial charge < -0.3 is 10.8 Å². The molecule has 0 aliphatic carbocycles. The first-order valence-electron chi connectivity index (χ1n) is 4.34. The SMILES string of the molecule is CC(C)(CCO)Cc1csc(N)n1. The average molecular weight is 200 g/mol. The molecule has 0 fully saturated rings. The van der Waals surface area contributed by atoms with Crippen molar-refractivity contribution < 1.29 is 5.11 Å². The molecule has 74 valence electrons. The van der Waals surface area contributed by atoms with Gasteiger partial charge in [0.1, 0.15) is 0 Å². The topological polar surface area (TPSA) is 59.1 Å². The van der Waals surface area contributed by atoms with Gasteiger partial charge in [-0.3, -0.25) is 0 Å². The summed E-state index contributed by atoms with van der Waals surface area (Å²) in [5.74, 6) is 0. The van der Waals surface area contributed by atoms with Gasteiger partial charge in [-0.15, -0.1) is 11.3 Å². The maximum absolute atomic E-state index is 8.84. The molecule has 0 aliphatic heterocycles. The van der Waals surface area contributed by atoms with E-state index in [1.165, 1.54) is 11.3 Å². The van der Waals surface area contributed by atoms with Gasteiger partial charge in [0, 0.05) is 12.0 Å². The highest BCUT2D eigenvalue weighted by molar-refractivity contribution is 7.13. The Bertz CT molecular complexity index is 270. The standard InChI is InChI=1S/C9H16N2OS/c1-9(2,3-4-12)5-7-6-13-8(10)11-7/h6,12H,3-5H2,1-2H3,(H2,10,11). The average Bonchev–Trinajstić information content (AvgIpc) is 2.34. The molecule has 1 aromatic rings. The van der Waals surface area contributed by atoms with Crippen molar-refractivity contribution in [2.75, 3.05) is 12.3 Å². The van der Waals surface area contributed by atoms with Gasteiger partial charge in [-0.1, -0.05) is 13.8 Å². The van der Waals surface area contributed by atoms with Gasteiger partial charge in [0.15, 0.2) is 5.13 Å². The van der Waals surface area contributed by atoms with E-state index in [9.17, 15) is 0 Å². The molecule has 0 radical (unpaired) electrons. The molecule has 0 unspecified atom stereocenters. The molecule has 4 heteroatoms. The Morgan fingerprint density at radius 2 is 2.31 bits per heavy atom. The van der Waals surface area contributed by atoms with E-state index in [-0.39, 0.29) is 12.0 Å². The summed E-state index contributed by atoms with van der Waals surface area (Å²) in [5, 5.41) is 11.4. The molecular weight excluding hydrogens is 184 g/mol. The summed E-state index contributed by atoms with van der Waals surface area (Å²) in [7, 11) is 0. The molecule has 0 saturated heterocycles. The van der Waals surface area contributed by atoms with Crippen molar-refractivity contribution in [2.24, 2.45) is 5.41 Å². The lowest BCUT2D eigenvalue weighted by atomic mass is 9.85. The summed E-state index contributed by atoms with van der Waals surface area (Å²) >= 11 is 1.47. The van der Waals surface area contributed by atoms with E-state index in [4.69, 9.17) is 10.8 Å². The molecular formula is C9H16N2OS. The first-order chi connectivity index (χ1) is 6.03. The van der Waals surface area contributed by atoms with Crippen molar-refractivity contribution in [1.29, 1.82) is 0 Å². The van der Waals surface area contributed by atoms with Crippen LogP contribution in [0.5, 0.6) is 0 Å². The minimum Gasteiger partial charge on any atom is -0.396 e. The Labute approximate surface area is 82.6 Å². The number of nitrogen functional groups attached to an aromatic ring is 1. The zero-order valence-electron chi connectivity index (χ0n) is 8.08. The van der Waals surface area contributed by atoms with Crippen molar-refractivity contribution in [2.45, 2.75) is 26.7 Å². The second-order valence-corrected chi connectivity index (χ2v) is 4.88. The molecule has 0 aromatic carbocycles. The lowest BCUT2D eigenvalue weighted by molar-refractivity contribution is 0.210. The van der Waals surface area contributed by atoms with E-state index in [0.717, 1.165) is 18.5 Å². The van der Waals surface area contributed by atoms with Gasteiger partial charge in [-0.2, -0.15) is 0 Å². The summed E-state index contributed by atoms with van der Waals surface area (Å²) in [5.41, 5.74) is 6.66. The molecule has 0 spiro atoms. The number of aliphatic hydroxyl groups is 1. The zero-order valence-corrected chi connectivity index (χ0v) is 8.90. The monoisotopic (exact) mass is 200 g/mol. The third-order valence-electron chi connectivity index (χ3n) is 2.02. The van der Waals surface area contributed by atoms with Crippen molar-refractivity contribution >= 4 is 16.5 Å². The Hall–Kier alpha value is -0.610. The number of rotatable bonds is 4. The van der Waals surface area contributed by atoms with E-state index in [2.05, 4.69) is 18.8 Å². The molecule has 1 heterocycles. The predicted octanol–water partition coefficient (Wildman–Crippen LogP) is 1.68. The summed E-state index contributed by atoms with van der Waals surface area (Å²) in [6.07, 6.45) is 1.67. The van der Waals surface area contributed by atoms with Gasteiger partial charge in [-0.05, 0) is 18.3 Å². The third-order valence-corrected chi connectivity index (χ3v) is 2.74. The highest BCUT2D eigenvalue weighted by Gasteiger charge is 2.18. The molecule has 0 aliphatic rings. The maximum atomic E-state index is 8.84. The van der Waals surface area contributed by atoms with E-state index in [0.29, 0.717) is 5.13 Å². The Balaban J connectivity index is 2.57. The van der Waals surface area contributed by atoms with Crippen molar-refractivity contribution in [3.8, 4) is 0 Å². The van der Waals surface area contributed by atoms with Crippen molar-refractivity contribution in [3.63, 3.8) is 0 Å². The first-order valence-corrected chi connectivity index (χ1v) is 5.22. The Kier molecular flexibility index (Phi) is 3.27. The lowest BCUT2D eigenvalue weighted by Crippen LogP contribution is -2.16. The molecule has 1 rings (SSSR count). The number of nitrogens with zero attached hydrogens (tertiary/aromatic N) is 1. The summed E-state index contributed by atoms with van der Waals surface area (Å²) in [6, 6.07) is 0. The lowest BCUT2D eigenvalue weighted by Gasteiger charge is -2.21. The van der Waals surface area contributed by atoms with Crippen LogP contribution in [0.25, 0.3) is 0 Å². The van der Waals surface area contributed by atoms with Crippen LogP contribution in [0, 0.1) is 5.41 Å². The van der Waals surface area contributed by atoms with Crippen LogP contribution < -0.4 is 5.73 Å². The molecule has 0 amide bonds. The highest BCUT2D eigenvalue weighted by Crippen LogP contribution is 2.26. The number of thiazole rings is 1. The van der Waals surface area contributed by atoms with E-state index >= 15 is 0 Å². The number of hydrogen-bond donors (Lipinski definition) is 2. The zero-order chi connectivity index (χ0) is 9.90. The van der Waals surface area contributed by atoms with Gasteiger partial charge in [0.25, 0.3) is 0 Å². The van der Waals surface area contributed by atoms with E-state index in [1.807, 2.05) is 5.38 Å². The van der Waals surface area contributed by atoms with E-state index < -0.39 is 0 Å². The smallest absolute Gasteiger partial charge is 0.180 e. The van der Waals surface area contributed by atoms with Crippen LogP contribution in [0.3, 0.4) is 0 Å². The maximum Gasteiger partial charge on any atom is 0.180 e. The highest BCUT2D eigenvalue weighted by atomic mass is 32.1. The van der Waals surface area contributed by atoms with Crippen LogP contribution in [0.1, 0.15) is 26.0 Å². The third kappa shape index (κ3) is 3.32. The molecule has 3 nitrogen and oxygen atoms in total. The van der Waals surface area contributed by atoms with Crippen LogP contribution in [0.2, 0.25) is 0 Å². The van der Waals surface area contributed by atoms with Gasteiger partial charge in [0.05, 0.1) is 5.69 Å². The van der Waals surface area contributed by atoms with Crippen LogP contribution in [0.4, 0.5) is 5.13 Å². The molecule has 0 atom stereocenters. The van der Waals surface area contributed by atoms with Crippen molar-refractivity contribution in [1.82, 2.24) is 4.98 Å².